The van der Waals surface area contributed by atoms with E-state index >= 15 is 0 Å². The van der Waals surface area contributed by atoms with Gasteiger partial charge in [-0.2, -0.15) is 0 Å². The molecule has 0 saturated heterocycles. The first-order chi connectivity index (χ1) is 8.17. The van der Waals surface area contributed by atoms with Gasteiger partial charge in [-0.3, -0.25) is 0 Å². The molecule has 1 aromatic rings. The van der Waals surface area contributed by atoms with Crippen molar-refractivity contribution in [3.05, 3.63) is 19.8 Å². The van der Waals surface area contributed by atoms with Crippen molar-refractivity contribution >= 4 is 38.9 Å². The van der Waals surface area contributed by atoms with E-state index in [4.69, 9.17) is 11.6 Å². The number of rotatable bonds is 8. The van der Waals surface area contributed by atoms with Crippen LogP contribution in [0, 0.1) is 0 Å². The Balaban J connectivity index is 2.39. The van der Waals surface area contributed by atoms with E-state index in [9.17, 15) is 0 Å². The minimum absolute atomic E-state index is 0.652. The van der Waals surface area contributed by atoms with Crippen molar-refractivity contribution in [3.8, 4) is 0 Å². The van der Waals surface area contributed by atoms with Gasteiger partial charge in [0.2, 0.25) is 0 Å². The molecule has 98 valence electrons. The summed E-state index contributed by atoms with van der Waals surface area (Å²) in [6.45, 7) is 5.43. The normalized spacial score (nSPS) is 12.9. The average molecular weight is 339 g/mol. The van der Waals surface area contributed by atoms with Crippen LogP contribution < -0.4 is 5.32 Å². The van der Waals surface area contributed by atoms with Gasteiger partial charge < -0.3 is 5.32 Å². The van der Waals surface area contributed by atoms with Crippen LogP contribution >= 0.6 is 38.9 Å². The molecule has 0 radical (unpaired) electrons. The lowest BCUT2D eigenvalue weighted by atomic mass is 10.1. The smallest absolute Gasteiger partial charge is 0.107 e. The first-order valence-electron chi connectivity index (χ1n) is 6.34. The maximum absolute atomic E-state index is 6.03. The van der Waals surface area contributed by atoms with Crippen LogP contribution in [0.4, 0.5) is 0 Å². The monoisotopic (exact) mass is 337 g/mol. The van der Waals surface area contributed by atoms with Crippen LogP contribution in [0.2, 0.25) is 4.34 Å². The molecule has 1 nitrogen and oxygen atoms in total. The minimum atomic E-state index is 0.652. The molecule has 1 rings (SSSR count). The molecule has 0 fully saturated rings. The molecular weight excluding hydrogens is 318 g/mol. The van der Waals surface area contributed by atoms with Gasteiger partial charge in [-0.05, 0) is 34.8 Å². The van der Waals surface area contributed by atoms with Crippen molar-refractivity contribution < 1.29 is 0 Å². The standard InChI is InChI=1S/C13H21BrClNS/c1-3-5-7-10(6-4-2)16-9-11-8-12(14)13(15)17-11/h8,10,16H,3-7,9H2,1-2H3. The molecule has 1 atom stereocenters. The van der Waals surface area contributed by atoms with Crippen LogP contribution in [0.1, 0.15) is 50.8 Å². The fourth-order valence-corrected chi connectivity index (χ4v) is 3.61. The van der Waals surface area contributed by atoms with Gasteiger partial charge >= 0.3 is 0 Å². The summed E-state index contributed by atoms with van der Waals surface area (Å²) in [5.41, 5.74) is 0. The van der Waals surface area contributed by atoms with E-state index in [1.165, 1.54) is 37.0 Å². The molecular formula is C13H21BrClNS. The Morgan fingerprint density at radius 3 is 2.65 bits per heavy atom. The summed E-state index contributed by atoms with van der Waals surface area (Å²) in [6.07, 6.45) is 6.38. The van der Waals surface area contributed by atoms with Gasteiger partial charge in [0.05, 0.1) is 0 Å². The lowest BCUT2D eigenvalue weighted by Gasteiger charge is -2.17. The van der Waals surface area contributed by atoms with E-state index in [0.29, 0.717) is 6.04 Å². The average Bonchev–Trinajstić information content (AvgIpc) is 2.62. The highest BCUT2D eigenvalue weighted by molar-refractivity contribution is 9.10. The Morgan fingerprint density at radius 1 is 1.35 bits per heavy atom. The van der Waals surface area contributed by atoms with Crippen molar-refractivity contribution in [2.45, 2.75) is 58.5 Å². The zero-order valence-electron chi connectivity index (χ0n) is 10.6. The topological polar surface area (TPSA) is 12.0 Å². The van der Waals surface area contributed by atoms with E-state index in [1.807, 2.05) is 0 Å². The maximum Gasteiger partial charge on any atom is 0.107 e. The lowest BCUT2D eigenvalue weighted by Crippen LogP contribution is -2.28. The van der Waals surface area contributed by atoms with Crippen molar-refractivity contribution in [1.82, 2.24) is 5.32 Å². The Labute approximate surface area is 122 Å². The number of thiophene rings is 1. The highest BCUT2D eigenvalue weighted by Gasteiger charge is 2.09. The molecule has 1 heterocycles. The van der Waals surface area contributed by atoms with Crippen molar-refractivity contribution in [3.63, 3.8) is 0 Å². The van der Waals surface area contributed by atoms with E-state index in [-0.39, 0.29) is 0 Å². The SMILES string of the molecule is CCCCC(CCC)NCc1cc(Br)c(Cl)s1. The first kappa shape index (κ1) is 15.5. The second-order valence-corrected chi connectivity index (χ2v) is 6.94. The molecule has 1 unspecified atom stereocenters. The number of halogens is 2. The third-order valence-electron chi connectivity index (χ3n) is 2.80. The van der Waals surface area contributed by atoms with Crippen molar-refractivity contribution in [2.75, 3.05) is 0 Å². The predicted molar refractivity (Wildman–Crippen MR) is 82.1 cm³/mol. The van der Waals surface area contributed by atoms with Crippen LogP contribution in [0.3, 0.4) is 0 Å². The Kier molecular flexibility index (Phi) is 7.76. The molecule has 1 aromatic heterocycles. The second kappa shape index (κ2) is 8.52. The highest BCUT2D eigenvalue weighted by Crippen LogP contribution is 2.31. The van der Waals surface area contributed by atoms with E-state index in [1.54, 1.807) is 11.3 Å². The molecule has 17 heavy (non-hydrogen) atoms. The summed E-state index contributed by atoms with van der Waals surface area (Å²) in [7, 11) is 0. The molecule has 4 heteroatoms. The van der Waals surface area contributed by atoms with Gasteiger partial charge in [-0.15, -0.1) is 11.3 Å². The van der Waals surface area contributed by atoms with Gasteiger partial charge in [0.1, 0.15) is 4.34 Å². The van der Waals surface area contributed by atoms with Crippen molar-refractivity contribution in [2.24, 2.45) is 0 Å². The van der Waals surface area contributed by atoms with Gasteiger partial charge in [0, 0.05) is 21.9 Å². The predicted octanol–water partition coefficient (Wildman–Crippen LogP) is 5.61. The molecule has 0 spiro atoms. The quantitative estimate of drug-likeness (QED) is 0.649. The Hall–Kier alpha value is 0.430. The van der Waals surface area contributed by atoms with Gasteiger partial charge in [0.15, 0.2) is 0 Å². The van der Waals surface area contributed by atoms with Crippen molar-refractivity contribution in [1.29, 1.82) is 0 Å². The number of unbranched alkanes of at least 4 members (excludes halogenated alkanes) is 1. The molecule has 0 aliphatic rings. The fourth-order valence-electron chi connectivity index (χ4n) is 1.87. The van der Waals surface area contributed by atoms with Crippen LogP contribution in [0.15, 0.2) is 10.5 Å². The summed E-state index contributed by atoms with van der Waals surface area (Å²) in [6, 6.07) is 2.77. The molecule has 0 bridgehead atoms. The summed E-state index contributed by atoms with van der Waals surface area (Å²) in [5.74, 6) is 0. The Bertz CT molecular complexity index is 308. The first-order valence-corrected chi connectivity index (χ1v) is 8.33. The van der Waals surface area contributed by atoms with Crippen LogP contribution in [-0.4, -0.2) is 6.04 Å². The number of nitrogens with one attached hydrogen (secondary N) is 1. The fraction of sp³-hybridized carbons (Fsp3) is 0.692. The summed E-state index contributed by atoms with van der Waals surface area (Å²) >= 11 is 11.1. The molecule has 1 N–H and O–H groups in total. The van der Waals surface area contributed by atoms with Crippen LogP contribution in [0.25, 0.3) is 0 Å². The van der Waals surface area contributed by atoms with E-state index in [0.717, 1.165) is 15.4 Å². The largest absolute Gasteiger partial charge is 0.309 e. The number of hydrogen-bond donors (Lipinski definition) is 1. The molecule has 0 aliphatic carbocycles. The zero-order valence-corrected chi connectivity index (χ0v) is 13.7. The summed E-state index contributed by atoms with van der Waals surface area (Å²) in [5, 5.41) is 3.64. The molecule has 0 aromatic carbocycles. The summed E-state index contributed by atoms with van der Waals surface area (Å²) in [4.78, 5) is 1.31. The minimum Gasteiger partial charge on any atom is -0.309 e. The molecule has 0 saturated carbocycles. The third-order valence-corrected chi connectivity index (χ3v) is 5.28. The van der Waals surface area contributed by atoms with Gasteiger partial charge in [-0.1, -0.05) is 44.7 Å². The van der Waals surface area contributed by atoms with Crippen LogP contribution in [0.5, 0.6) is 0 Å². The molecule has 0 amide bonds. The maximum atomic E-state index is 6.03. The summed E-state index contributed by atoms with van der Waals surface area (Å²) < 4.78 is 1.86. The Morgan fingerprint density at radius 2 is 2.12 bits per heavy atom. The van der Waals surface area contributed by atoms with E-state index < -0.39 is 0 Å². The van der Waals surface area contributed by atoms with Gasteiger partial charge in [-0.25, -0.2) is 0 Å². The lowest BCUT2D eigenvalue weighted by molar-refractivity contribution is 0.435. The highest BCUT2D eigenvalue weighted by atomic mass is 79.9. The van der Waals surface area contributed by atoms with Crippen LogP contribution in [-0.2, 0) is 6.54 Å². The zero-order chi connectivity index (χ0) is 12.7. The molecule has 0 aliphatic heterocycles. The second-order valence-electron chi connectivity index (χ2n) is 4.34. The third kappa shape index (κ3) is 5.73. The number of hydrogen-bond acceptors (Lipinski definition) is 2. The van der Waals surface area contributed by atoms with E-state index in [2.05, 4.69) is 41.2 Å². The van der Waals surface area contributed by atoms with Gasteiger partial charge in [0.25, 0.3) is 0 Å².